The molecule has 0 bridgehead atoms. The van der Waals surface area contributed by atoms with E-state index < -0.39 is 0 Å². The number of benzene rings is 2. The first kappa shape index (κ1) is 24.7. The van der Waals surface area contributed by atoms with Crippen molar-refractivity contribution in [3.8, 4) is 22.3 Å². The number of aromatic nitrogens is 1. The smallest absolute Gasteiger partial charge is 0.127 e. The lowest BCUT2D eigenvalue weighted by Gasteiger charge is -2.21. The van der Waals surface area contributed by atoms with Crippen molar-refractivity contribution in [3.05, 3.63) is 81.8 Å². The van der Waals surface area contributed by atoms with E-state index in [1.165, 1.54) is 33.4 Å². The van der Waals surface area contributed by atoms with E-state index >= 15 is 0 Å². The summed E-state index contributed by atoms with van der Waals surface area (Å²) < 4.78 is 15.0. The highest BCUT2D eigenvalue weighted by Crippen LogP contribution is 2.39. The normalized spacial score (nSPS) is 11.1. The molecular formula is C30H37FN2. The molecule has 2 aromatic carbocycles. The molecule has 2 nitrogen and oxygen atoms in total. The van der Waals surface area contributed by atoms with E-state index in [4.69, 9.17) is 0 Å². The van der Waals surface area contributed by atoms with Crippen molar-refractivity contribution in [2.45, 2.75) is 74.3 Å². The lowest BCUT2D eigenvalue weighted by Crippen LogP contribution is -2.10. The minimum Gasteiger partial charge on any atom is -0.368 e. The summed E-state index contributed by atoms with van der Waals surface area (Å²) in [6.45, 7) is 17.0. The van der Waals surface area contributed by atoms with Gasteiger partial charge in [-0.1, -0.05) is 23.8 Å². The maximum absolute atomic E-state index is 15.0. The van der Waals surface area contributed by atoms with Crippen LogP contribution in [-0.4, -0.2) is 11.0 Å². The molecule has 0 atom stereocenters. The molecule has 0 saturated carbocycles. The summed E-state index contributed by atoms with van der Waals surface area (Å²) in [5.74, 6) is 0.763. The Labute approximate surface area is 199 Å². The van der Waals surface area contributed by atoms with Crippen LogP contribution in [0.3, 0.4) is 0 Å². The fraction of sp³-hybridized carbons (Fsp3) is 0.367. The van der Waals surface area contributed by atoms with E-state index in [0.717, 1.165) is 40.9 Å². The molecule has 0 unspecified atom stereocenters. The Morgan fingerprint density at radius 3 is 1.97 bits per heavy atom. The number of nitrogens with one attached hydrogen (secondary N) is 1. The first-order valence-corrected chi connectivity index (χ1v) is 11.9. The predicted molar refractivity (Wildman–Crippen MR) is 141 cm³/mol. The van der Waals surface area contributed by atoms with Gasteiger partial charge in [-0.3, -0.25) is 0 Å². The maximum atomic E-state index is 15.0. The standard InChI is InChI=1S/C30H37FN2/c1-18(2)10-9-11-24-12-13-25(16-27(24)31)29-20(5)22(7)30(23(8)21(29)6)26-14-15-28(32-17-26)33-19(3)4/h10,12-17,19H,9,11H2,1-8H3,(H,32,33). The molecule has 3 aromatic rings. The van der Waals surface area contributed by atoms with Crippen LogP contribution in [0.15, 0.2) is 48.2 Å². The van der Waals surface area contributed by atoms with Crippen LogP contribution in [0.1, 0.15) is 61.9 Å². The third-order valence-electron chi connectivity index (χ3n) is 6.42. The largest absolute Gasteiger partial charge is 0.368 e. The minimum atomic E-state index is -0.120. The number of hydrogen-bond acceptors (Lipinski definition) is 2. The monoisotopic (exact) mass is 444 g/mol. The Kier molecular flexibility index (Phi) is 7.73. The highest BCUT2D eigenvalue weighted by molar-refractivity contribution is 5.82. The van der Waals surface area contributed by atoms with Crippen LogP contribution in [0.4, 0.5) is 10.2 Å². The number of hydrogen-bond donors (Lipinski definition) is 1. The summed E-state index contributed by atoms with van der Waals surface area (Å²) in [5, 5.41) is 3.34. The molecule has 3 rings (SSSR count). The molecule has 1 N–H and O–H groups in total. The van der Waals surface area contributed by atoms with Crippen molar-refractivity contribution < 1.29 is 4.39 Å². The molecule has 0 spiro atoms. The van der Waals surface area contributed by atoms with Crippen molar-refractivity contribution >= 4 is 5.82 Å². The zero-order valence-corrected chi connectivity index (χ0v) is 21.4. The molecular weight excluding hydrogens is 407 g/mol. The number of rotatable bonds is 7. The second-order valence-corrected chi connectivity index (χ2v) is 9.61. The first-order chi connectivity index (χ1) is 15.6. The Morgan fingerprint density at radius 1 is 0.909 bits per heavy atom. The predicted octanol–water partition coefficient (Wildman–Crippen LogP) is 8.51. The average molecular weight is 445 g/mol. The Balaban J connectivity index is 2.01. The van der Waals surface area contributed by atoms with Crippen LogP contribution < -0.4 is 5.32 Å². The number of anilines is 1. The van der Waals surface area contributed by atoms with Crippen LogP contribution in [0.25, 0.3) is 22.3 Å². The van der Waals surface area contributed by atoms with Gasteiger partial charge in [0.05, 0.1) is 0 Å². The van der Waals surface area contributed by atoms with Crippen molar-refractivity contribution in [3.63, 3.8) is 0 Å². The van der Waals surface area contributed by atoms with Gasteiger partial charge in [0, 0.05) is 17.8 Å². The molecule has 1 heterocycles. The molecule has 0 aliphatic carbocycles. The third kappa shape index (κ3) is 5.52. The summed E-state index contributed by atoms with van der Waals surface area (Å²) in [6.07, 6.45) is 5.69. The molecule has 1 aromatic heterocycles. The van der Waals surface area contributed by atoms with E-state index in [0.29, 0.717) is 6.04 Å². The van der Waals surface area contributed by atoms with Crippen LogP contribution in [0.2, 0.25) is 0 Å². The number of halogens is 1. The Morgan fingerprint density at radius 2 is 1.48 bits per heavy atom. The number of pyridine rings is 1. The summed E-state index contributed by atoms with van der Waals surface area (Å²) in [6, 6.07) is 10.2. The second kappa shape index (κ2) is 10.3. The molecule has 0 fully saturated rings. The van der Waals surface area contributed by atoms with Gasteiger partial charge in [0.2, 0.25) is 0 Å². The van der Waals surface area contributed by atoms with E-state index in [1.807, 2.05) is 18.3 Å². The van der Waals surface area contributed by atoms with Crippen LogP contribution >= 0.6 is 0 Å². The van der Waals surface area contributed by atoms with Crippen molar-refractivity contribution in [1.29, 1.82) is 0 Å². The second-order valence-electron chi connectivity index (χ2n) is 9.61. The highest BCUT2D eigenvalue weighted by atomic mass is 19.1. The summed E-state index contributed by atoms with van der Waals surface area (Å²) >= 11 is 0. The molecule has 0 radical (unpaired) electrons. The summed E-state index contributed by atoms with van der Waals surface area (Å²) in [5.41, 5.74) is 11.3. The van der Waals surface area contributed by atoms with Crippen molar-refractivity contribution in [2.75, 3.05) is 5.32 Å². The third-order valence-corrected chi connectivity index (χ3v) is 6.42. The lowest BCUT2D eigenvalue weighted by atomic mass is 9.83. The Hall–Kier alpha value is -2.94. The molecule has 174 valence electrons. The Bertz CT molecular complexity index is 1140. The highest BCUT2D eigenvalue weighted by Gasteiger charge is 2.18. The van der Waals surface area contributed by atoms with E-state index in [1.54, 1.807) is 6.07 Å². The molecule has 0 aliphatic rings. The molecule has 3 heteroatoms. The zero-order chi connectivity index (χ0) is 24.3. The van der Waals surface area contributed by atoms with Crippen molar-refractivity contribution in [1.82, 2.24) is 4.98 Å². The van der Waals surface area contributed by atoms with Gasteiger partial charge in [0.15, 0.2) is 0 Å². The van der Waals surface area contributed by atoms with E-state index in [2.05, 4.69) is 83.9 Å². The van der Waals surface area contributed by atoms with Gasteiger partial charge in [-0.05, 0) is 131 Å². The quantitative estimate of drug-likeness (QED) is 0.369. The number of nitrogens with zero attached hydrogens (tertiary/aromatic N) is 1. The topological polar surface area (TPSA) is 24.9 Å². The molecule has 33 heavy (non-hydrogen) atoms. The van der Waals surface area contributed by atoms with Crippen LogP contribution in [0, 0.1) is 33.5 Å². The SMILES string of the molecule is CC(C)=CCCc1ccc(-c2c(C)c(C)c(-c3ccc(NC(C)C)nc3)c(C)c2C)cc1F. The number of allylic oxidation sites excluding steroid dienone is 2. The van der Waals surface area contributed by atoms with Gasteiger partial charge in [-0.15, -0.1) is 0 Å². The van der Waals surface area contributed by atoms with Gasteiger partial charge in [0.1, 0.15) is 11.6 Å². The number of aryl methyl sites for hydroxylation is 1. The minimum absolute atomic E-state index is 0.120. The zero-order valence-electron chi connectivity index (χ0n) is 21.4. The summed E-state index contributed by atoms with van der Waals surface area (Å²) in [7, 11) is 0. The summed E-state index contributed by atoms with van der Waals surface area (Å²) in [4.78, 5) is 4.61. The maximum Gasteiger partial charge on any atom is 0.127 e. The fourth-order valence-corrected chi connectivity index (χ4v) is 4.52. The van der Waals surface area contributed by atoms with Gasteiger partial charge >= 0.3 is 0 Å². The van der Waals surface area contributed by atoms with Gasteiger partial charge < -0.3 is 5.32 Å². The van der Waals surface area contributed by atoms with Crippen LogP contribution in [-0.2, 0) is 6.42 Å². The van der Waals surface area contributed by atoms with Crippen molar-refractivity contribution in [2.24, 2.45) is 0 Å². The molecule has 0 saturated heterocycles. The van der Waals surface area contributed by atoms with Gasteiger partial charge in [-0.25, -0.2) is 9.37 Å². The van der Waals surface area contributed by atoms with E-state index in [-0.39, 0.29) is 5.82 Å². The first-order valence-electron chi connectivity index (χ1n) is 11.9. The average Bonchev–Trinajstić information content (AvgIpc) is 2.75. The molecule has 0 amide bonds. The molecule has 0 aliphatic heterocycles. The lowest BCUT2D eigenvalue weighted by molar-refractivity contribution is 0.610. The van der Waals surface area contributed by atoms with Gasteiger partial charge in [-0.2, -0.15) is 0 Å². The van der Waals surface area contributed by atoms with E-state index in [9.17, 15) is 4.39 Å². The van der Waals surface area contributed by atoms with Gasteiger partial charge in [0.25, 0.3) is 0 Å². The van der Waals surface area contributed by atoms with Crippen LogP contribution in [0.5, 0.6) is 0 Å². The fourth-order valence-electron chi connectivity index (χ4n) is 4.52.